The Labute approximate surface area is 86.7 Å². The van der Waals surface area contributed by atoms with Gasteiger partial charge in [0.2, 0.25) is 0 Å². The summed E-state index contributed by atoms with van der Waals surface area (Å²) in [5, 5.41) is 9.92. The fraction of sp³-hybridized carbons (Fsp3) is 0.364. The fourth-order valence-corrected chi connectivity index (χ4v) is 1.52. The van der Waals surface area contributed by atoms with Crippen molar-refractivity contribution in [2.24, 2.45) is 0 Å². The number of nitrogens with zero attached hydrogens (tertiary/aromatic N) is 1. The molecule has 0 radical (unpaired) electrons. The number of phenols is 1. The van der Waals surface area contributed by atoms with Crippen LogP contribution in [0, 0.1) is 6.92 Å². The standard InChI is InChI=1S/C11H13NO3/c1-6(2)12-11(14)8-5-9(13)7(3)4-10(8)15-12/h4-6,13H,1-3H3. The normalized spacial score (nSPS) is 11.5. The maximum atomic E-state index is 11.8. The second kappa shape index (κ2) is 3.15. The van der Waals surface area contributed by atoms with Crippen molar-refractivity contribution in [1.82, 2.24) is 4.74 Å². The van der Waals surface area contributed by atoms with Gasteiger partial charge in [-0.15, -0.1) is 0 Å². The van der Waals surface area contributed by atoms with Crippen molar-refractivity contribution in [3.63, 3.8) is 0 Å². The van der Waals surface area contributed by atoms with Gasteiger partial charge in [0.05, 0.1) is 11.4 Å². The molecule has 0 atom stereocenters. The summed E-state index contributed by atoms with van der Waals surface area (Å²) in [4.78, 5) is 11.8. The average molecular weight is 207 g/mol. The molecule has 4 heteroatoms. The molecule has 80 valence electrons. The van der Waals surface area contributed by atoms with Crippen molar-refractivity contribution in [3.8, 4) is 5.75 Å². The number of hydrogen-bond donors (Lipinski definition) is 1. The minimum absolute atomic E-state index is 0.0210. The van der Waals surface area contributed by atoms with Gasteiger partial charge in [0.1, 0.15) is 5.75 Å². The molecule has 0 saturated heterocycles. The lowest BCUT2D eigenvalue weighted by Crippen LogP contribution is -2.15. The van der Waals surface area contributed by atoms with Crippen LogP contribution in [0.2, 0.25) is 0 Å². The van der Waals surface area contributed by atoms with Gasteiger partial charge in [0.15, 0.2) is 5.58 Å². The zero-order valence-electron chi connectivity index (χ0n) is 8.94. The highest BCUT2D eigenvalue weighted by atomic mass is 16.5. The van der Waals surface area contributed by atoms with Crippen LogP contribution in [-0.4, -0.2) is 9.85 Å². The van der Waals surface area contributed by atoms with E-state index >= 15 is 0 Å². The predicted octanol–water partition coefficient (Wildman–Crippen LogP) is 2.19. The van der Waals surface area contributed by atoms with Crippen LogP contribution in [0.25, 0.3) is 11.0 Å². The molecular formula is C11H13NO3. The number of rotatable bonds is 1. The van der Waals surface area contributed by atoms with Gasteiger partial charge >= 0.3 is 0 Å². The van der Waals surface area contributed by atoms with Gasteiger partial charge in [-0.1, -0.05) is 0 Å². The van der Waals surface area contributed by atoms with E-state index in [4.69, 9.17) is 4.52 Å². The van der Waals surface area contributed by atoms with Gasteiger partial charge in [-0.05, 0) is 38.5 Å². The summed E-state index contributed by atoms with van der Waals surface area (Å²) in [6.07, 6.45) is 0. The summed E-state index contributed by atoms with van der Waals surface area (Å²) in [5.41, 5.74) is 1.02. The average Bonchev–Trinajstić information content (AvgIpc) is 2.46. The Bertz CT molecular complexity index is 563. The third kappa shape index (κ3) is 1.42. The van der Waals surface area contributed by atoms with Crippen molar-refractivity contribution in [1.29, 1.82) is 0 Å². The van der Waals surface area contributed by atoms with E-state index in [1.165, 1.54) is 10.8 Å². The number of benzene rings is 1. The maximum absolute atomic E-state index is 11.8. The summed E-state index contributed by atoms with van der Waals surface area (Å²) in [6, 6.07) is 3.10. The Morgan fingerprint density at radius 1 is 1.40 bits per heavy atom. The van der Waals surface area contributed by atoms with E-state index in [2.05, 4.69) is 0 Å². The summed E-state index contributed by atoms with van der Waals surface area (Å²) in [5.74, 6) is 0.122. The highest BCUT2D eigenvalue weighted by molar-refractivity contribution is 5.78. The lowest BCUT2D eigenvalue weighted by Gasteiger charge is -2.00. The Kier molecular flexibility index (Phi) is 2.07. The van der Waals surface area contributed by atoms with Crippen molar-refractivity contribution in [3.05, 3.63) is 28.0 Å². The van der Waals surface area contributed by atoms with E-state index in [-0.39, 0.29) is 17.4 Å². The molecule has 1 heterocycles. The van der Waals surface area contributed by atoms with Crippen molar-refractivity contribution < 1.29 is 9.63 Å². The van der Waals surface area contributed by atoms with Crippen molar-refractivity contribution >= 4 is 11.0 Å². The number of aromatic hydroxyl groups is 1. The third-order valence-electron chi connectivity index (χ3n) is 2.39. The van der Waals surface area contributed by atoms with Crippen LogP contribution in [0.5, 0.6) is 5.75 Å². The van der Waals surface area contributed by atoms with Crippen LogP contribution in [0.15, 0.2) is 21.5 Å². The molecule has 0 aliphatic rings. The number of aryl methyl sites for hydroxylation is 1. The van der Waals surface area contributed by atoms with Crippen LogP contribution in [0.3, 0.4) is 0 Å². The van der Waals surface area contributed by atoms with E-state index in [0.29, 0.717) is 16.5 Å². The number of fused-ring (bicyclic) bond motifs is 1. The van der Waals surface area contributed by atoms with E-state index in [9.17, 15) is 9.90 Å². The van der Waals surface area contributed by atoms with Gasteiger partial charge in [0, 0.05) is 0 Å². The van der Waals surface area contributed by atoms with Crippen LogP contribution >= 0.6 is 0 Å². The van der Waals surface area contributed by atoms with Crippen LogP contribution in [0.4, 0.5) is 0 Å². The Morgan fingerprint density at radius 2 is 2.07 bits per heavy atom. The second-order valence-corrected chi connectivity index (χ2v) is 3.95. The van der Waals surface area contributed by atoms with Crippen LogP contribution < -0.4 is 5.56 Å². The first-order valence-corrected chi connectivity index (χ1v) is 4.86. The van der Waals surface area contributed by atoms with E-state index < -0.39 is 0 Å². The van der Waals surface area contributed by atoms with Gasteiger partial charge < -0.3 is 9.63 Å². The van der Waals surface area contributed by atoms with Crippen LogP contribution in [0.1, 0.15) is 25.5 Å². The van der Waals surface area contributed by atoms with Gasteiger partial charge in [-0.25, -0.2) is 0 Å². The Hall–Kier alpha value is -1.71. The SMILES string of the molecule is Cc1cc2on(C(C)C)c(=O)c2cc1O. The zero-order chi connectivity index (χ0) is 11.2. The largest absolute Gasteiger partial charge is 0.508 e. The van der Waals surface area contributed by atoms with Crippen molar-refractivity contribution in [2.75, 3.05) is 0 Å². The smallest absolute Gasteiger partial charge is 0.290 e. The molecule has 4 nitrogen and oxygen atoms in total. The molecule has 0 bridgehead atoms. The molecule has 1 N–H and O–H groups in total. The Morgan fingerprint density at radius 3 is 2.67 bits per heavy atom. The minimum atomic E-state index is -0.199. The molecule has 2 rings (SSSR count). The lowest BCUT2D eigenvalue weighted by atomic mass is 10.2. The summed E-state index contributed by atoms with van der Waals surface area (Å²) in [7, 11) is 0. The Balaban J connectivity index is 2.83. The summed E-state index contributed by atoms with van der Waals surface area (Å²) < 4.78 is 6.70. The molecule has 0 spiro atoms. The molecular weight excluding hydrogens is 194 g/mol. The van der Waals surface area contributed by atoms with Gasteiger partial charge in [-0.2, -0.15) is 4.74 Å². The molecule has 1 aromatic heterocycles. The molecule has 0 saturated carbocycles. The number of hydrogen-bond acceptors (Lipinski definition) is 3. The van der Waals surface area contributed by atoms with Crippen LogP contribution in [-0.2, 0) is 0 Å². The van der Waals surface area contributed by atoms with E-state index in [1.807, 2.05) is 13.8 Å². The predicted molar refractivity (Wildman–Crippen MR) is 57.3 cm³/mol. The summed E-state index contributed by atoms with van der Waals surface area (Å²) >= 11 is 0. The number of phenolic OH excluding ortho intramolecular Hbond substituents is 1. The zero-order valence-corrected chi connectivity index (χ0v) is 8.94. The second-order valence-electron chi connectivity index (χ2n) is 3.95. The van der Waals surface area contributed by atoms with E-state index in [1.54, 1.807) is 13.0 Å². The molecule has 15 heavy (non-hydrogen) atoms. The molecule has 0 fully saturated rings. The third-order valence-corrected chi connectivity index (χ3v) is 2.39. The first kappa shape index (κ1) is 9.83. The van der Waals surface area contributed by atoms with Gasteiger partial charge in [-0.3, -0.25) is 4.79 Å². The minimum Gasteiger partial charge on any atom is -0.508 e. The lowest BCUT2D eigenvalue weighted by molar-refractivity contribution is 0.251. The highest BCUT2D eigenvalue weighted by Crippen LogP contribution is 2.23. The molecule has 0 amide bonds. The fourth-order valence-electron chi connectivity index (χ4n) is 1.52. The van der Waals surface area contributed by atoms with Crippen molar-refractivity contribution in [2.45, 2.75) is 26.8 Å². The van der Waals surface area contributed by atoms with E-state index in [0.717, 1.165) is 0 Å². The molecule has 0 aliphatic heterocycles. The molecule has 1 aromatic carbocycles. The molecule has 0 unspecified atom stereocenters. The number of aromatic nitrogens is 1. The maximum Gasteiger partial charge on any atom is 0.290 e. The monoisotopic (exact) mass is 207 g/mol. The quantitative estimate of drug-likeness (QED) is 0.779. The first-order chi connectivity index (χ1) is 7.00. The summed E-state index contributed by atoms with van der Waals surface area (Å²) in [6.45, 7) is 5.51. The highest BCUT2D eigenvalue weighted by Gasteiger charge is 2.13. The topological polar surface area (TPSA) is 55.4 Å². The molecule has 0 aliphatic carbocycles. The first-order valence-electron chi connectivity index (χ1n) is 4.86. The molecule has 2 aromatic rings. The van der Waals surface area contributed by atoms with Gasteiger partial charge in [0.25, 0.3) is 5.56 Å².